The minimum Gasteiger partial charge on any atom is -0.346 e. The predicted molar refractivity (Wildman–Crippen MR) is 78.5 cm³/mol. The molecule has 2 nitrogen and oxygen atoms in total. The Kier molecular flexibility index (Phi) is 4.23. The monoisotopic (exact) mass is 273 g/mol. The zero-order chi connectivity index (χ0) is 13.8. The zero-order valence-electron chi connectivity index (χ0n) is 11.0. The molecule has 19 heavy (non-hydrogen) atoms. The summed E-state index contributed by atoms with van der Waals surface area (Å²) in [7, 11) is 0. The molecule has 0 unspecified atom stereocenters. The van der Waals surface area contributed by atoms with Crippen molar-refractivity contribution < 1.29 is 4.79 Å². The Bertz CT molecular complexity index is 595. The number of hydrogen-bond donors (Lipinski definition) is 1. The molecule has 0 heterocycles. The van der Waals surface area contributed by atoms with Gasteiger partial charge in [0.15, 0.2) is 0 Å². The number of nitrogens with one attached hydrogen (secondary N) is 1. The quantitative estimate of drug-likeness (QED) is 0.895. The molecule has 0 aliphatic rings. The molecule has 0 aliphatic heterocycles. The standard InChI is InChI=1S/C16H16ClNO/c1-11-5-3-7-14(9-11)16(19)18-12(2)13-6-4-8-15(17)10-13/h3-10,12H,1-2H3,(H,18,19)/t12-/m1/s1. The first kappa shape index (κ1) is 13.6. The lowest BCUT2D eigenvalue weighted by atomic mass is 10.1. The van der Waals surface area contributed by atoms with Gasteiger partial charge in [0, 0.05) is 10.6 Å². The maximum atomic E-state index is 12.1. The number of rotatable bonds is 3. The van der Waals surface area contributed by atoms with Gasteiger partial charge in [-0.2, -0.15) is 0 Å². The Morgan fingerprint density at radius 2 is 1.89 bits per heavy atom. The summed E-state index contributed by atoms with van der Waals surface area (Å²) in [6.45, 7) is 3.91. The average Bonchev–Trinajstić information content (AvgIpc) is 2.38. The topological polar surface area (TPSA) is 29.1 Å². The Balaban J connectivity index is 2.11. The lowest BCUT2D eigenvalue weighted by Gasteiger charge is -2.14. The molecule has 3 heteroatoms. The fourth-order valence-electron chi connectivity index (χ4n) is 1.93. The van der Waals surface area contributed by atoms with E-state index in [1.165, 1.54) is 0 Å². The molecule has 98 valence electrons. The molecule has 0 aromatic heterocycles. The van der Waals surface area contributed by atoms with E-state index in [9.17, 15) is 4.79 Å². The van der Waals surface area contributed by atoms with Crippen LogP contribution in [0.5, 0.6) is 0 Å². The molecule has 1 amide bonds. The van der Waals surface area contributed by atoms with Crippen molar-refractivity contribution in [1.82, 2.24) is 5.32 Å². The molecule has 1 N–H and O–H groups in total. The zero-order valence-corrected chi connectivity index (χ0v) is 11.7. The van der Waals surface area contributed by atoms with Gasteiger partial charge in [-0.1, -0.05) is 41.4 Å². The number of benzene rings is 2. The fraction of sp³-hybridized carbons (Fsp3) is 0.188. The summed E-state index contributed by atoms with van der Waals surface area (Å²) in [5.74, 6) is -0.0730. The Morgan fingerprint density at radius 1 is 1.16 bits per heavy atom. The summed E-state index contributed by atoms with van der Waals surface area (Å²) in [5.41, 5.74) is 2.74. The van der Waals surface area contributed by atoms with Crippen LogP contribution in [-0.4, -0.2) is 5.91 Å². The van der Waals surface area contributed by atoms with Gasteiger partial charge < -0.3 is 5.32 Å². The number of amides is 1. The Hall–Kier alpha value is -1.80. The number of aryl methyl sites for hydroxylation is 1. The largest absolute Gasteiger partial charge is 0.346 e. The molecule has 2 aromatic carbocycles. The second-order valence-electron chi connectivity index (χ2n) is 4.62. The van der Waals surface area contributed by atoms with Crippen molar-refractivity contribution in [3.8, 4) is 0 Å². The second kappa shape index (κ2) is 5.89. The molecule has 0 spiro atoms. The van der Waals surface area contributed by atoms with E-state index in [-0.39, 0.29) is 11.9 Å². The predicted octanol–water partition coefficient (Wildman–Crippen LogP) is 4.14. The van der Waals surface area contributed by atoms with Crippen molar-refractivity contribution in [2.24, 2.45) is 0 Å². The van der Waals surface area contributed by atoms with Gasteiger partial charge in [-0.15, -0.1) is 0 Å². The third-order valence-electron chi connectivity index (χ3n) is 2.98. The highest BCUT2D eigenvalue weighted by Crippen LogP contribution is 2.18. The molecule has 2 rings (SSSR count). The summed E-state index contributed by atoms with van der Waals surface area (Å²) < 4.78 is 0. The Labute approximate surface area is 118 Å². The molecular weight excluding hydrogens is 258 g/mol. The molecule has 2 aromatic rings. The van der Waals surface area contributed by atoms with Gasteiger partial charge in [0.25, 0.3) is 5.91 Å². The van der Waals surface area contributed by atoms with E-state index in [1.54, 1.807) is 0 Å². The molecule has 0 saturated carbocycles. The van der Waals surface area contributed by atoms with Gasteiger partial charge in [-0.05, 0) is 43.7 Å². The SMILES string of the molecule is Cc1cccc(C(=O)N[C@H](C)c2cccc(Cl)c2)c1. The summed E-state index contributed by atoms with van der Waals surface area (Å²) in [4.78, 5) is 12.1. The minimum atomic E-state index is -0.0771. The van der Waals surface area contributed by atoms with E-state index >= 15 is 0 Å². The van der Waals surface area contributed by atoms with Gasteiger partial charge >= 0.3 is 0 Å². The highest BCUT2D eigenvalue weighted by Gasteiger charge is 2.11. The lowest BCUT2D eigenvalue weighted by molar-refractivity contribution is 0.0940. The van der Waals surface area contributed by atoms with Crippen molar-refractivity contribution in [1.29, 1.82) is 0 Å². The molecule has 1 atom stereocenters. The Morgan fingerprint density at radius 3 is 2.58 bits per heavy atom. The smallest absolute Gasteiger partial charge is 0.251 e. The van der Waals surface area contributed by atoms with E-state index in [0.717, 1.165) is 11.1 Å². The highest BCUT2D eigenvalue weighted by atomic mass is 35.5. The van der Waals surface area contributed by atoms with Crippen LogP contribution in [0, 0.1) is 6.92 Å². The van der Waals surface area contributed by atoms with Crippen LogP contribution in [0.2, 0.25) is 5.02 Å². The molecule has 0 fully saturated rings. The van der Waals surface area contributed by atoms with Crippen LogP contribution in [0.1, 0.15) is 34.5 Å². The van der Waals surface area contributed by atoms with Crippen LogP contribution in [0.25, 0.3) is 0 Å². The minimum absolute atomic E-state index is 0.0730. The van der Waals surface area contributed by atoms with Crippen LogP contribution < -0.4 is 5.32 Å². The van der Waals surface area contributed by atoms with Crippen LogP contribution in [-0.2, 0) is 0 Å². The van der Waals surface area contributed by atoms with Crippen molar-refractivity contribution in [3.63, 3.8) is 0 Å². The summed E-state index contributed by atoms with van der Waals surface area (Å²) in [5, 5.41) is 3.64. The van der Waals surface area contributed by atoms with E-state index < -0.39 is 0 Å². The van der Waals surface area contributed by atoms with Gasteiger partial charge in [0.2, 0.25) is 0 Å². The summed E-state index contributed by atoms with van der Waals surface area (Å²) in [6.07, 6.45) is 0. The number of hydrogen-bond acceptors (Lipinski definition) is 1. The van der Waals surface area contributed by atoms with Crippen LogP contribution >= 0.6 is 11.6 Å². The van der Waals surface area contributed by atoms with Crippen LogP contribution in [0.15, 0.2) is 48.5 Å². The van der Waals surface area contributed by atoms with Crippen molar-refractivity contribution in [2.45, 2.75) is 19.9 Å². The van der Waals surface area contributed by atoms with E-state index in [4.69, 9.17) is 11.6 Å². The maximum Gasteiger partial charge on any atom is 0.251 e. The molecule has 0 radical (unpaired) electrons. The molecule has 0 aliphatic carbocycles. The van der Waals surface area contributed by atoms with Gasteiger partial charge in [-0.25, -0.2) is 0 Å². The van der Waals surface area contributed by atoms with Gasteiger partial charge in [-0.3, -0.25) is 4.79 Å². The third-order valence-corrected chi connectivity index (χ3v) is 3.21. The lowest BCUT2D eigenvalue weighted by Crippen LogP contribution is -2.26. The maximum absolute atomic E-state index is 12.1. The first-order valence-electron chi connectivity index (χ1n) is 6.19. The van der Waals surface area contributed by atoms with E-state index in [2.05, 4.69) is 5.32 Å². The van der Waals surface area contributed by atoms with Crippen molar-refractivity contribution in [3.05, 3.63) is 70.2 Å². The van der Waals surface area contributed by atoms with E-state index in [0.29, 0.717) is 10.6 Å². The third kappa shape index (κ3) is 3.58. The summed E-state index contributed by atoms with van der Waals surface area (Å²) >= 11 is 5.95. The van der Waals surface area contributed by atoms with Gasteiger partial charge in [0.1, 0.15) is 0 Å². The van der Waals surface area contributed by atoms with Crippen molar-refractivity contribution >= 4 is 17.5 Å². The van der Waals surface area contributed by atoms with Crippen molar-refractivity contribution in [2.75, 3.05) is 0 Å². The van der Waals surface area contributed by atoms with Crippen LogP contribution in [0.3, 0.4) is 0 Å². The van der Waals surface area contributed by atoms with Crippen LogP contribution in [0.4, 0.5) is 0 Å². The van der Waals surface area contributed by atoms with Gasteiger partial charge in [0.05, 0.1) is 6.04 Å². The average molecular weight is 274 g/mol. The number of carbonyl (C=O) groups is 1. The summed E-state index contributed by atoms with van der Waals surface area (Å²) in [6, 6.07) is 15.0. The highest BCUT2D eigenvalue weighted by molar-refractivity contribution is 6.30. The molecule has 0 saturated heterocycles. The number of carbonyl (C=O) groups excluding carboxylic acids is 1. The normalized spacial score (nSPS) is 11.9. The molecular formula is C16H16ClNO. The number of halogens is 1. The first-order chi connectivity index (χ1) is 9.06. The van der Waals surface area contributed by atoms with E-state index in [1.807, 2.05) is 62.4 Å². The molecule has 0 bridgehead atoms. The fourth-order valence-corrected chi connectivity index (χ4v) is 2.12. The first-order valence-corrected chi connectivity index (χ1v) is 6.57. The second-order valence-corrected chi connectivity index (χ2v) is 5.06.